The highest BCUT2D eigenvalue weighted by molar-refractivity contribution is 6.21. The first-order valence-electron chi connectivity index (χ1n) is 37.9. The van der Waals surface area contributed by atoms with E-state index < -0.39 is 0 Å². The molecule has 21 rings (SSSR count). The highest BCUT2D eigenvalue weighted by Crippen LogP contribution is 2.45. The molecule has 0 saturated carbocycles. The Morgan fingerprint density at radius 2 is 0.580 bits per heavy atom. The van der Waals surface area contributed by atoms with Gasteiger partial charge in [-0.15, -0.1) is 0 Å². The topological polar surface area (TPSA) is 77.3 Å². The Morgan fingerprint density at radius 3 is 1.23 bits per heavy atom. The van der Waals surface area contributed by atoms with Gasteiger partial charge < -0.3 is 0 Å². The van der Waals surface area contributed by atoms with E-state index >= 15 is 0 Å². The Bertz CT molecular complexity index is 7100. The summed E-state index contributed by atoms with van der Waals surface area (Å²) in [5.41, 5.74) is 23.4. The number of fused-ring (bicyclic) bond motifs is 8. The van der Waals surface area contributed by atoms with Crippen LogP contribution in [0.1, 0.15) is 0 Å². The molecule has 0 saturated heterocycles. The molecule has 0 atom stereocenters. The minimum Gasteiger partial charge on any atom is -0.264 e. The number of rotatable bonds is 12. The summed E-state index contributed by atoms with van der Waals surface area (Å²) in [6.07, 6.45) is 7.58. The molecular weight excluding hydrogens is 1360 g/mol. The third-order valence-corrected chi connectivity index (χ3v) is 21.7. The summed E-state index contributed by atoms with van der Waals surface area (Å²) in [7, 11) is 0. The number of hydrogen-bond acceptors (Lipinski definition) is 6. The lowest BCUT2D eigenvalue weighted by Gasteiger charge is -2.18. The third kappa shape index (κ3) is 12.7. The molecule has 4 heterocycles. The van der Waals surface area contributed by atoms with E-state index in [4.69, 9.17) is 19.9 Å². The maximum absolute atomic E-state index is 5.40. The number of benzene rings is 17. The standard InChI is InChI=1S/C55H35N3.C51H33N3/c1-4-17-45-36(11-1)14-10-22-46(45)41-15-9-16-43(31-41)55-57-53(33-54(58-55)40-29-25-38(26-30-40)52-35-56-34-44-13-3-6-19-48(44)52)39-27-23-37(24-28-39)51-32-42-12-2-5-18-47(42)49-20-7-8-21-50(49)51;1-2-13-37(14-3-1)49-43-19-6-8-21-45(43)50(46-22-9-7-20-44(46)49)51-53-47(32-48(54-51)41-17-10-16-39(31-41)42-18-11-29-52-33-42)36-26-23-35(24-27-36)40-28-25-34-12-4-5-15-38(34)30-40/h1-35H;1-33H. The van der Waals surface area contributed by atoms with Crippen molar-refractivity contribution in [3.05, 3.63) is 413 Å². The van der Waals surface area contributed by atoms with Crippen LogP contribution in [0.2, 0.25) is 0 Å². The number of pyridine rings is 2. The van der Waals surface area contributed by atoms with Gasteiger partial charge in [0, 0.05) is 74.7 Å². The van der Waals surface area contributed by atoms with Crippen LogP contribution >= 0.6 is 0 Å². The lowest BCUT2D eigenvalue weighted by molar-refractivity contribution is 1.18. The van der Waals surface area contributed by atoms with E-state index in [1.54, 1.807) is 6.20 Å². The fraction of sp³-hybridized carbons (Fsp3) is 0. The molecule has 0 radical (unpaired) electrons. The molecule has 522 valence electrons. The average molecular weight is 1430 g/mol. The van der Waals surface area contributed by atoms with Crippen LogP contribution in [-0.4, -0.2) is 29.9 Å². The van der Waals surface area contributed by atoms with Crippen LogP contribution in [-0.2, 0) is 0 Å². The predicted octanol–water partition coefficient (Wildman–Crippen LogP) is 27.8. The lowest BCUT2D eigenvalue weighted by atomic mass is 9.88. The maximum atomic E-state index is 5.40. The van der Waals surface area contributed by atoms with Crippen LogP contribution in [0.4, 0.5) is 0 Å². The van der Waals surface area contributed by atoms with Crippen molar-refractivity contribution in [1.82, 2.24) is 29.9 Å². The summed E-state index contributed by atoms with van der Waals surface area (Å²) in [5.74, 6) is 1.38. The molecule has 17 aromatic carbocycles. The number of nitrogens with zero attached hydrogens (tertiary/aromatic N) is 6. The van der Waals surface area contributed by atoms with Crippen molar-refractivity contribution < 1.29 is 0 Å². The average Bonchev–Trinajstić information content (AvgIpc) is 0.729. The van der Waals surface area contributed by atoms with Crippen LogP contribution in [0.3, 0.4) is 0 Å². The zero-order chi connectivity index (χ0) is 74.3. The SMILES string of the molecule is c1cc(-c2nc(-c3ccc(-c4cncc5ccccc45)cc3)cc(-c3ccc(-c4cc5ccccc5c5ccccc45)cc3)n2)cc(-c2cccc3ccccc23)c1.c1ccc(-c2c3ccccc3c(-c3nc(-c4ccc(-c5ccc6ccccc6c5)cc4)cc(-c4cccc(-c5cccnc5)c4)n3)c3ccccc23)cc1. The van der Waals surface area contributed by atoms with Crippen LogP contribution in [0.25, 0.3) is 210 Å². The Morgan fingerprint density at radius 1 is 0.152 bits per heavy atom. The molecule has 4 aromatic heterocycles. The normalized spacial score (nSPS) is 11.4. The molecule has 6 nitrogen and oxygen atoms in total. The van der Waals surface area contributed by atoms with Gasteiger partial charge in [-0.3, -0.25) is 9.97 Å². The molecule has 0 aliphatic rings. The molecule has 0 aliphatic carbocycles. The second-order valence-electron chi connectivity index (χ2n) is 28.5. The molecule has 0 bridgehead atoms. The zero-order valence-electron chi connectivity index (χ0n) is 60.9. The second kappa shape index (κ2) is 29.0. The van der Waals surface area contributed by atoms with E-state index in [-0.39, 0.29) is 0 Å². The highest BCUT2D eigenvalue weighted by Gasteiger charge is 2.22. The van der Waals surface area contributed by atoms with Crippen molar-refractivity contribution >= 4 is 75.4 Å². The van der Waals surface area contributed by atoms with Gasteiger partial charge in [0.05, 0.1) is 22.8 Å². The maximum Gasteiger partial charge on any atom is 0.161 e. The fourth-order valence-corrected chi connectivity index (χ4v) is 16.2. The summed E-state index contributed by atoms with van der Waals surface area (Å²) in [6.45, 7) is 0. The molecular formula is C106H68N6. The van der Waals surface area contributed by atoms with E-state index in [1.807, 2.05) is 24.7 Å². The molecule has 0 spiro atoms. The van der Waals surface area contributed by atoms with Gasteiger partial charge in [0.25, 0.3) is 0 Å². The first-order chi connectivity index (χ1) is 55.5. The molecule has 6 heteroatoms. The molecule has 21 aromatic rings. The van der Waals surface area contributed by atoms with Crippen LogP contribution < -0.4 is 0 Å². The molecule has 0 fully saturated rings. The third-order valence-electron chi connectivity index (χ3n) is 21.7. The molecule has 0 amide bonds. The van der Waals surface area contributed by atoms with E-state index in [0.717, 1.165) is 106 Å². The molecule has 0 aliphatic heterocycles. The minimum absolute atomic E-state index is 0.682. The van der Waals surface area contributed by atoms with Gasteiger partial charge in [0.15, 0.2) is 11.6 Å². The lowest BCUT2D eigenvalue weighted by Crippen LogP contribution is -1.98. The van der Waals surface area contributed by atoms with Gasteiger partial charge in [0.1, 0.15) is 0 Å². The Hall–Kier alpha value is -15.0. The monoisotopic (exact) mass is 1420 g/mol. The van der Waals surface area contributed by atoms with Crippen molar-refractivity contribution in [1.29, 1.82) is 0 Å². The predicted molar refractivity (Wildman–Crippen MR) is 467 cm³/mol. The first kappa shape index (κ1) is 66.5. The van der Waals surface area contributed by atoms with Gasteiger partial charge in [-0.1, -0.05) is 346 Å². The number of hydrogen-bond donors (Lipinski definition) is 0. The highest BCUT2D eigenvalue weighted by atomic mass is 14.9. The van der Waals surface area contributed by atoms with E-state index in [2.05, 4.69) is 392 Å². The van der Waals surface area contributed by atoms with E-state index in [1.165, 1.54) is 92.6 Å². The Balaban J connectivity index is 0.000000146. The summed E-state index contributed by atoms with van der Waals surface area (Å²) >= 11 is 0. The Kier molecular flexibility index (Phi) is 17.2. The van der Waals surface area contributed by atoms with Gasteiger partial charge in [0.2, 0.25) is 0 Å². The van der Waals surface area contributed by atoms with Crippen LogP contribution in [0.15, 0.2) is 413 Å². The minimum atomic E-state index is 0.682. The Labute approximate surface area is 648 Å². The molecule has 112 heavy (non-hydrogen) atoms. The number of aromatic nitrogens is 6. The van der Waals surface area contributed by atoms with Gasteiger partial charge >= 0.3 is 0 Å². The summed E-state index contributed by atoms with van der Waals surface area (Å²) in [4.78, 5) is 30.2. The zero-order valence-corrected chi connectivity index (χ0v) is 60.9. The molecule has 0 N–H and O–H groups in total. The largest absolute Gasteiger partial charge is 0.264 e. The fourth-order valence-electron chi connectivity index (χ4n) is 16.2. The second-order valence-corrected chi connectivity index (χ2v) is 28.5. The van der Waals surface area contributed by atoms with Crippen LogP contribution in [0.5, 0.6) is 0 Å². The van der Waals surface area contributed by atoms with Crippen molar-refractivity contribution in [3.8, 4) is 135 Å². The van der Waals surface area contributed by atoms with Crippen molar-refractivity contribution in [2.24, 2.45) is 0 Å². The summed E-state index contributed by atoms with van der Waals surface area (Å²) in [5, 5.41) is 16.8. The van der Waals surface area contributed by atoms with Crippen molar-refractivity contribution in [3.63, 3.8) is 0 Å². The van der Waals surface area contributed by atoms with Crippen LogP contribution in [0, 0.1) is 0 Å². The van der Waals surface area contributed by atoms with Gasteiger partial charge in [-0.2, -0.15) is 0 Å². The summed E-state index contributed by atoms with van der Waals surface area (Å²) < 4.78 is 0. The van der Waals surface area contributed by atoms with E-state index in [0.29, 0.717) is 11.6 Å². The summed E-state index contributed by atoms with van der Waals surface area (Å²) in [6, 6.07) is 138. The quantitative estimate of drug-likeness (QED) is 0.0896. The van der Waals surface area contributed by atoms with Crippen molar-refractivity contribution in [2.75, 3.05) is 0 Å². The smallest absolute Gasteiger partial charge is 0.161 e. The van der Waals surface area contributed by atoms with Crippen molar-refractivity contribution in [2.45, 2.75) is 0 Å². The van der Waals surface area contributed by atoms with Gasteiger partial charge in [-0.25, -0.2) is 19.9 Å². The van der Waals surface area contributed by atoms with E-state index in [9.17, 15) is 0 Å². The first-order valence-corrected chi connectivity index (χ1v) is 37.9. The molecule has 0 unspecified atom stereocenters. The van der Waals surface area contributed by atoms with Gasteiger partial charge in [-0.05, 0) is 168 Å².